The van der Waals surface area contributed by atoms with Crippen LogP contribution < -0.4 is 24.8 Å². The predicted octanol–water partition coefficient (Wildman–Crippen LogP) is 4.41. The van der Waals surface area contributed by atoms with Crippen LogP contribution in [-0.4, -0.2) is 3.21 Å². The first-order valence-corrected chi connectivity index (χ1v) is 15.3. The van der Waals surface area contributed by atoms with E-state index in [-0.39, 0.29) is 46.5 Å². The number of hydrogen-bond acceptors (Lipinski definition) is 0. The van der Waals surface area contributed by atoms with E-state index in [9.17, 15) is 0 Å². The summed E-state index contributed by atoms with van der Waals surface area (Å²) in [6.45, 7) is 32.2. The maximum absolute atomic E-state index is 3.90. The summed E-state index contributed by atoms with van der Waals surface area (Å²) < 4.78 is 1.51. The Morgan fingerprint density at radius 1 is 0.650 bits per heavy atom. The minimum absolute atomic E-state index is 0. The van der Waals surface area contributed by atoms with Crippen molar-refractivity contribution in [2.45, 2.75) is 125 Å². The molecule has 0 saturated heterocycles. The zero-order chi connectivity index (χ0) is 29.3. The number of rotatable bonds is 0. The normalized spacial score (nSPS) is 12.4. The first kappa shape index (κ1) is 39.1. The molecule has 0 unspecified atom stereocenters. The first-order valence-electron chi connectivity index (χ1n) is 14.1. The maximum atomic E-state index is 3.90. The molecule has 220 valence electrons. The van der Waals surface area contributed by atoms with Gasteiger partial charge in [0.1, 0.15) is 0 Å². The van der Waals surface area contributed by atoms with Gasteiger partial charge < -0.3 is 24.8 Å². The summed E-state index contributed by atoms with van der Waals surface area (Å²) in [5.41, 5.74) is 11.9. The average molecular weight is 659 g/mol. The van der Waals surface area contributed by atoms with Gasteiger partial charge in [-0.2, -0.15) is 35.9 Å². The zero-order valence-corrected chi connectivity index (χ0v) is 31.6. The average Bonchev–Trinajstić information content (AvgIpc) is 3.40. The van der Waals surface area contributed by atoms with Crippen LogP contribution in [-0.2, 0) is 52.3 Å². The summed E-state index contributed by atoms with van der Waals surface area (Å²) in [6.07, 6.45) is 1.01. The summed E-state index contributed by atoms with van der Waals surface area (Å²) in [5.74, 6) is 0. The summed E-state index contributed by atoms with van der Waals surface area (Å²) >= 11 is 1.55. The maximum Gasteiger partial charge on any atom is -0.172 e. The number of benzene rings is 2. The van der Waals surface area contributed by atoms with Gasteiger partial charge in [-0.15, -0.1) is 16.7 Å². The van der Waals surface area contributed by atoms with Crippen molar-refractivity contribution >= 4 is 3.21 Å². The van der Waals surface area contributed by atoms with E-state index in [1.165, 1.54) is 47.7 Å². The minimum atomic E-state index is 0. The van der Waals surface area contributed by atoms with Crippen LogP contribution in [0.15, 0.2) is 48.5 Å². The second-order valence-corrected chi connectivity index (χ2v) is 17.6. The van der Waals surface area contributed by atoms with Crippen LogP contribution in [0, 0.1) is 6.07 Å². The topological polar surface area (TPSA) is 0 Å². The van der Waals surface area contributed by atoms with Crippen molar-refractivity contribution in [3.05, 3.63) is 88.0 Å². The molecule has 0 saturated carbocycles. The van der Waals surface area contributed by atoms with Crippen LogP contribution in [0.4, 0.5) is 0 Å². The first-order chi connectivity index (χ1) is 17.1. The van der Waals surface area contributed by atoms with Gasteiger partial charge >= 0.3 is 41.3 Å². The Labute approximate surface area is 274 Å². The molecule has 3 heteroatoms. The van der Waals surface area contributed by atoms with Gasteiger partial charge in [-0.1, -0.05) is 106 Å². The van der Waals surface area contributed by atoms with Crippen molar-refractivity contribution in [2.24, 2.45) is 0 Å². The molecule has 1 aliphatic rings. The molecule has 0 N–H and O–H groups in total. The zero-order valence-electron chi connectivity index (χ0n) is 27.6. The number of hydrogen-bond donors (Lipinski definition) is 0. The molecule has 0 nitrogen and oxygen atoms in total. The second-order valence-electron chi connectivity index (χ2n) is 15.1. The summed E-state index contributed by atoms with van der Waals surface area (Å²) in [7, 11) is 0. The molecule has 0 radical (unpaired) electrons. The Hall–Kier alpha value is -0.877. The quantitative estimate of drug-likeness (QED) is 0.246. The van der Waals surface area contributed by atoms with Crippen LogP contribution in [0.3, 0.4) is 0 Å². The van der Waals surface area contributed by atoms with E-state index in [0.29, 0.717) is 0 Å². The molecular formula is C37H52Cl2Zr-2. The molecule has 0 bridgehead atoms. The van der Waals surface area contributed by atoms with E-state index in [1.54, 1.807) is 24.2 Å². The van der Waals surface area contributed by atoms with E-state index in [4.69, 9.17) is 0 Å². The van der Waals surface area contributed by atoms with E-state index in [0.717, 1.165) is 6.42 Å². The molecule has 0 aromatic heterocycles. The molecule has 0 heterocycles. The van der Waals surface area contributed by atoms with Crippen LogP contribution in [0.2, 0.25) is 0 Å². The molecule has 40 heavy (non-hydrogen) atoms. The molecule has 1 aliphatic carbocycles. The SMILES string of the molecule is CC(C)(C)c1[c-]c2c(cc1C(C)(C)C)-c1cc(C(C)(C)C)c(C(C)(C)C)cc1C2.C[C](C)=[Zr+2].[Cl-].[Cl-].c1cc[cH-]c1. The van der Waals surface area contributed by atoms with Crippen LogP contribution in [0.25, 0.3) is 11.1 Å². The van der Waals surface area contributed by atoms with Gasteiger partial charge in [0, 0.05) is 0 Å². The molecule has 0 spiro atoms. The third kappa shape index (κ3) is 10.4. The summed E-state index contributed by atoms with van der Waals surface area (Å²) in [6, 6.07) is 21.4. The smallest absolute Gasteiger partial charge is 0.172 e. The van der Waals surface area contributed by atoms with Gasteiger partial charge in [-0.3, -0.25) is 0 Å². The van der Waals surface area contributed by atoms with Gasteiger partial charge in [-0.25, -0.2) is 12.1 Å². The Morgan fingerprint density at radius 2 is 1.05 bits per heavy atom. The van der Waals surface area contributed by atoms with Crippen molar-refractivity contribution in [3.63, 3.8) is 0 Å². The predicted molar refractivity (Wildman–Crippen MR) is 167 cm³/mol. The van der Waals surface area contributed by atoms with Gasteiger partial charge in [0.2, 0.25) is 0 Å². The molecule has 0 atom stereocenters. The van der Waals surface area contributed by atoms with Gasteiger partial charge in [0.15, 0.2) is 0 Å². The van der Waals surface area contributed by atoms with Gasteiger partial charge in [0.05, 0.1) is 0 Å². The standard InChI is InChI=1S/C29H41.C5H5.C3H6.2ClH.Zr/c1-26(2,3)22-14-18-13-19-15-23(27(4,5)6)25(29(10,11)12)17-21(19)20(18)16-24(22)28(7,8)9;1-2-4-5-3-1;1-3-2;;;/h14,16-17H,13H2,1-12H3;1-5H;1-2H3;2*1H;/q2*-1;;;;+2/p-2. The van der Waals surface area contributed by atoms with Crippen molar-refractivity contribution in [3.8, 4) is 11.1 Å². The Balaban J connectivity index is 0.00000119. The van der Waals surface area contributed by atoms with Crippen LogP contribution in [0.1, 0.15) is 130 Å². The van der Waals surface area contributed by atoms with E-state index >= 15 is 0 Å². The Bertz CT molecular complexity index is 1140. The van der Waals surface area contributed by atoms with Crippen LogP contribution >= 0.6 is 0 Å². The molecule has 0 aliphatic heterocycles. The largest absolute Gasteiger partial charge is 1.00 e. The fourth-order valence-corrected chi connectivity index (χ4v) is 4.95. The monoisotopic (exact) mass is 656 g/mol. The molecule has 3 aromatic carbocycles. The molecule has 3 aromatic rings. The van der Waals surface area contributed by atoms with Crippen molar-refractivity contribution < 1.29 is 49.0 Å². The Morgan fingerprint density at radius 3 is 1.40 bits per heavy atom. The van der Waals surface area contributed by atoms with Crippen molar-refractivity contribution in [1.82, 2.24) is 0 Å². The fraction of sp³-hybridized carbons (Fsp3) is 0.514. The number of halogens is 2. The molecule has 0 amide bonds. The summed E-state index contributed by atoms with van der Waals surface area (Å²) in [5, 5.41) is 0. The fourth-order valence-electron chi connectivity index (χ4n) is 4.95. The minimum Gasteiger partial charge on any atom is -1.00 e. The Kier molecular flexibility index (Phi) is 14.2. The van der Waals surface area contributed by atoms with Gasteiger partial charge in [0.25, 0.3) is 0 Å². The number of fused-ring (bicyclic) bond motifs is 3. The van der Waals surface area contributed by atoms with Crippen molar-refractivity contribution in [2.75, 3.05) is 0 Å². The van der Waals surface area contributed by atoms with Gasteiger partial charge in [-0.05, 0) is 39.4 Å². The third-order valence-electron chi connectivity index (χ3n) is 6.79. The van der Waals surface area contributed by atoms with E-state index in [2.05, 4.69) is 121 Å². The summed E-state index contributed by atoms with van der Waals surface area (Å²) in [4.78, 5) is 0. The molecule has 4 rings (SSSR count). The molecule has 0 fully saturated rings. The van der Waals surface area contributed by atoms with Crippen LogP contribution in [0.5, 0.6) is 0 Å². The third-order valence-corrected chi connectivity index (χ3v) is 6.79. The second kappa shape index (κ2) is 14.5. The van der Waals surface area contributed by atoms with E-state index < -0.39 is 0 Å². The van der Waals surface area contributed by atoms with Crippen molar-refractivity contribution in [1.29, 1.82) is 0 Å². The molecular weight excluding hydrogens is 607 g/mol. The van der Waals surface area contributed by atoms with E-state index in [1.807, 2.05) is 30.3 Å².